The van der Waals surface area contributed by atoms with Crippen LogP contribution in [0.2, 0.25) is 0 Å². The van der Waals surface area contributed by atoms with E-state index in [9.17, 15) is 9.59 Å². The number of carbonyl (C=O) groups excluding carboxylic acids is 1. The molecule has 2 aromatic heterocycles. The molecule has 0 atom stereocenters. The summed E-state index contributed by atoms with van der Waals surface area (Å²) < 4.78 is 17.9. The number of halogens is 1. The van der Waals surface area contributed by atoms with Gasteiger partial charge in [-0.05, 0) is 54.4 Å². The molecule has 32 heavy (non-hydrogen) atoms. The van der Waals surface area contributed by atoms with Crippen molar-refractivity contribution in [3.63, 3.8) is 0 Å². The van der Waals surface area contributed by atoms with Gasteiger partial charge in [-0.2, -0.15) is 0 Å². The Balaban J connectivity index is 1.88. The molecule has 0 N–H and O–H groups in total. The Kier molecular flexibility index (Phi) is 4.94. The van der Waals surface area contributed by atoms with Gasteiger partial charge in [-0.15, -0.1) is 0 Å². The molecule has 0 saturated heterocycles. The SMILES string of the molecule is COc1cccc(C(=O)c2oc3ccc4c(C)cc(=O)oc4c3c2-c2ccc(Br)cc2)c1. The second kappa shape index (κ2) is 7.80. The number of ether oxygens (including phenoxy) is 1. The maximum atomic E-state index is 13.6. The van der Waals surface area contributed by atoms with Gasteiger partial charge >= 0.3 is 5.63 Å². The third-order valence-electron chi connectivity index (χ3n) is 5.44. The highest BCUT2D eigenvalue weighted by molar-refractivity contribution is 9.10. The van der Waals surface area contributed by atoms with Crippen LogP contribution in [0, 0.1) is 6.92 Å². The minimum Gasteiger partial charge on any atom is -0.497 e. The van der Waals surface area contributed by atoms with E-state index < -0.39 is 5.63 Å². The van der Waals surface area contributed by atoms with Crippen LogP contribution >= 0.6 is 15.9 Å². The maximum absolute atomic E-state index is 13.6. The molecule has 5 aromatic rings. The number of hydrogen-bond acceptors (Lipinski definition) is 5. The van der Waals surface area contributed by atoms with Crippen LogP contribution in [-0.2, 0) is 0 Å². The van der Waals surface area contributed by atoms with Crippen LogP contribution < -0.4 is 10.4 Å². The molecular formula is C26H17BrO5. The van der Waals surface area contributed by atoms with Crippen LogP contribution in [0.3, 0.4) is 0 Å². The van der Waals surface area contributed by atoms with Gasteiger partial charge in [0.15, 0.2) is 5.76 Å². The number of rotatable bonds is 4. The number of benzene rings is 3. The number of ketones is 1. The van der Waals surface area contributed by atoms with Gasteiger partial charge in [-0.3, -0.25) is 4.79 Å². The molecule has 158 valence electrons. The molecule has 6 heteroatoms. The van der Waals surface area contributed by atoms with E-state index in [1.54, 1.807) is 37.4 Å². The van der Waals surface area contributed by atoms with E-state index in [0.29, 0.717) is 33.4 Å². The number of fused-ring (bicyclic) bond motifs is 3. The number of furan rings is 1. The molecule has 5 rings (SSSR count). The van der Waals surface area contributed by atoms with Crippen molar-refractivity contribution in [2.24, 2.45) is 0 Å². The summed E-state index contributed by atoms with van der Waals surface area (Å²) in [4.78, 5) is 25.8. The number of carbonyl (C=O) groups is 1. The zero-order valence-electron chi connectivity index (χ0n) is 17.3. The molecule has 3 aromatic carbocycles. The van der Waals surface area contributed by atoms with Gasteiger partial charge in [0.2, 0.25) is 5.78 Å². The molecular weight excluding hydrogens is 472 g/mol. The standard InChI is InChI=1S/C26H17BrO5/c1-14-12-21(28)32-25-19(14)10-11-20-23(25)22(15-6-8-17(27)9-7-15)26(31-20)24(29)16-4-3-5-18(13-16)30-2/h3-13H,1-2H3. The van der Waals surface area contributed by atoms with Gasteiger partial charge in [0, 0.05) is 27.1 Å². The van der Waals surface area contributed by atoms with Crippen molar-refractivity contribution in [1.29, 1.82) is 0 Å². The fourth-order valence-electron chi connectivity index (χ4n) is 3.91. The molecule has 5 nitrogen and oxygen atoms in total. The van der Waals surface area contributed by atoms with Crippen molar-refractivity contribution in [2.45, 2.75) is 6.92 Å². The van der Waals surface area contributed by atoms with E-state index in [1.807, 2.05) is 37.3 Å². The quantitative estimate of drug-likeness (QED) is 0.213. The second-order valence-corrected chi connectivity index (χ2v) is 8.35. The maximum Gasteiger partial charge on any atom is 0.336 e. The normalized spacial score (nSPS) is 11.2. The summed E-state index contributed by atoms with van der Waals surface area (Å²) >= 11 is 3.45. The first-order chi connectivity index (χ1) is 15.5. The Bertz CT molecular complexity index is 1560. The van der Waals surface area contributed by atoms with Gasteiger partial charge in [0.05, 0.1) is 12.5 Å². The highest BCUT2D eigenvalue weighted by Crippen LogP contribution is 2.40. The van der Waals surface area contributed by atoms with Gasteiger partial charge in [-0.25, -0.2) is 4.79 Å². The smallest absolute Gasteiger partial charge is 0.336 e. The van der Waals surface area contributed by atoms with Crippen molar-refractivity contribution < 1.29 is 18.4 Å². The predicted molar refractivity (Wildman–Crippen MR) is 127 cm³/mol. The van der Waals surface area contributed by atoms with Crippen molar-refractivity contribution in [3.05, 3.63) is 98.5 Å². The Morgan fingerprint density at radius 1 is 0.969 bits per heavy atom. The largest absolute Gasteiger partial charge is 0.497 e. The van der Waals surface area contributed by atoms with Crippen LogP contribution in [0.5, 0.6) is 5.75 Å². The van der Waals surface area contributed by atoms with E-state index in [0.717, 1.165) is 21.0 Å². The average Bonchev–Trinajstić information content (AvgIpc) is 3.19. The fraction of sp³-hybridized carbons (Fsp3) is 0.0769. The van der Waals surface area contributed by atoms with Crippen LogP contribution in [0.4, 0.5) is 0 Å². The molecule has 0 bridgehead atoms. The molecule has 0 spiro atoms. The molecule has 0 fully saturated rings. The van der Waals surface area contributed by atoms with Crippen LogP contribution in [0.1, 0.15) is 21.7 Å². The van der Waals surface area contributed by atoms with E-state index >= 15 is 0 Å². The first-order valence-corrected chi connectivity index (χ1v) is 10.7. The van der Waals surface area contributed by atoms with Crippen LogP contribution in [0.15, 0.2) is 84.8 Å². The van der Waals surface area contributed by atoms with Crippen molar-refractivity contribution >= 4 is 43.7 Å². The van der Waals surface area contributed by atoms with Crippen molar-refractivity contribution in [3.8, 4) is 16.9 Å². The monoisotopic (exact) mass is 488 g/mol. The van der Waals surface area contributed by atoms with Crippen molar-refractivity contribution in [1.82, 2.24) is 0 Å². The Morgan fingerprint density at radius 2 is 1.75 bits per heavy atom. The lowest BCUT2D eigenvalue weighted by atomic mass is 9.96. The highest BCUT2D eigenvalue weighted by Gasteiger charge is 2.26. The number of aryl methyl sites for hydroxylation is 1. The van der Waals surface area contributed by atoms with E-state index in [1.165, 1.54) is 6.07 Å². The first kappa shape index (κ1) is 20.3. The summed E-state index contributed by atoms with van der Waals surface area (Å²) in [5.74, 6) is 0.456. The fourth-order valence-corrected chi connectivity index (χ4v) is 4.17. The molecule has 2 heterocycles. The van der Waals surface area contributed by atoms with Gasteiger partial charge in [-0.1, -0.05) is 40.2 Å². The third kappa shape index (κ3) is 3.33. The lowest BCUT2D eigenvalue weighted by molar-refractivity contribution is 0.101. The first-order valence-electron chi connectivity index (χ1n) is 9.91. The van der Waals surface area contributed by atoms with Crippen molar-refractivity contribution in [2.75, 3.05) is 7.11 Å². The summed E-state index contributed by atoms with van der Waals surface area (Å²) in [6.07, 6.45) is 0. The van der Waals surface area contributed by atoms with Crippen LogP contribution in [0.25, 0.3) is 33.1 Å². The molecule has 0 aliphatic carbocycles. The Morgan fingerprint density at radius 3 is 2.50 bits per heavy atom. The minimum atomic E-state index is -0.453. The predicted octanol–water partition coefficient (Wildman–Crippen LogP) is 6.52. The average molecular weight is 489 g/mol. The summed E-state index contributed by atoms with van der Waals surface area (Å²) in [6.45, 7) is 1.85. The van der Waals surface area contributed by atoms with Crippen LogP contribution in [-0.4, -0.2) is 12.9 Å². The van der Waals surface area contributed by atoms with E-state index in [4.69, 9.17) is 13.6 Å². The molecule has 0 unspecified atom stereocenters. The molecule has 0 aliphatic heterocycles. The molecule has 0 saturated carbocycles. The Hall–Kier alpha value is -3.64. The second-order valence-electron chi connectivity index (χ2n) is 7.44. The molecule has 0 aliphatic rings. The zero-order valence-corrected chi connectivity index (χ0v) is 18.9. The lowest BCUT2D eigenvalue weighted by Gasteiger charge is -2.06. The lowest BCUT2D eigenvalue weighted by Crippen LogP contribution is -2.02. The Labute approximate surface area is 191 Å². The van der Waals surface area contributed by atoms with Gasteiger partial charge < -0.3 is 13.6 Å². The highest BCUT2D eigenvalue weighted by atomic mass is 79.9. The summed E-state index contributed by atoms with van der Waals surface area (Å²) in [6, 6.07) is 19.6. The van der Waals surface area contributed by atoms with Gasteiger partial charge in [0.1, 0.15) is 16.9 Å². The third-order valence-corrected chi connectivity index (χ3v) is 5.97. The van der Waals surface area contributed by atoms with E-state index in [-0.39, 0.29) is 11.5 Å². The minimum absolute atomic E-state index is 0.173. The molecule has 0 amide bonds. The summed E-state index contributed by atoms with van der Waals surface area (Å²) in [5, 5.41) is 1.38. The number of hydrogen-bond donors (Lipinski definition) is 0. The van der Waals surface area contributed by atoms with Gasteiger partial charge in [0.25, 0.3) is 0 Å². The molecule has 0 radical (unpaired) electrons. The summed E-state index contributed by atoms with van der Waals surface area (Å²) in [7, 11) is 1.55. The summed E-state index contributed by atoms with van der Waals surface area (Å²) in [5.41, 5.74) is 3.00. The topological polar surface area (TPSA) is 69.7 Å². The number of methoxy groups -OCH3 is 1. The zero-order chi connectivity index (χ0) is 22.4. The van der Waals surface area contributed by atoms with E-state index in [2.05, 4.69) is 15.9 Å².